The summed E-state index contributed by atoms with van der Waals surface area (Å²) in [6.07, 6.45) is 0. The van der Waals surface area contributed by atoms with Crippen molar-refractivity contribution in [3.05, 3.63) is 75.5 Å². The van der Waals surface area contributed by atoms with Gasteiger partial charge >= 0.3 is 5.97 Å². The summed E-state index contributed by atoms with van der Waals surface area (Å²) in [6.45, 7) is 3.26. The first-order valence-corrected chi connectivity index (χ1v) is 9.12. The summed E-state index contributed by atoms with van der Waals surface area (Å²) in [5, 5.41) is 0.975. The number of aromatic nitrogens is 1. The minimum Gasteiger partial charge on any atom is -0.323 e. The van der Waals surface area contributed by atoms with Crippen LogP contribution in [0.2, 0.25) is 0 Å². The zero-order valence-electron chi connectivity index (χ0n) is 14.9. The van der Waals surface area contributed by atoms with Crippen LogP contribution in [-0.2, 0) is 4.84 Å². The van der Waals surface area contributed by atoms with E-state index in [1.165, 1.54) is 18.2 Å². The zero-order valence-corrected chi connectivity index (χ0v) is 15.7. The van der Waals surface area contributed by atoms with Crippen molar-refractivity contribution in [2.75, 3.05) is 0 Å². The highest BCUT2D eigenvalue weighted by Gasteiger charge is 2.39. The number of rotatable bonds is 3. The van der Waals surface area contributed by atoms with Gasteiger partial charge in [0.05, 0.1) is 16.8 Å². The largest absolute Gasteiger partial charge is 0.375 e. The Morgan fingerprint density at radius 3 is 2.32 bits per heavy atom. The molecule has 0 radical (unpaired) electrons. The Kier molecular flexibility index (Phi) is 4.27. The fraction of sp³-hybridized carbons (Fsp3) is 0.100. The first-order chi connectivity index (χ1) is 13.4. The Labute approximate surface area is 163 Å². The van der Waals surface area contributed by atoms with Crippen LogP contribution in [0.5, 0.6) is 0 Å². The lowest BCUT2D eigenvalue weighted by atomic mass is 10.1. The van der Waals surface area contributed by atoms with Crippen molar-refractivity contribution in [3.8, 4) is 10.6 Å². The third kappa shape index (κ3) is 2.87. The molecule has 0 saturated heterocycles. The monoisotopic (exact) mass is 396 g/mol. The van der Waals surface area contributed by atoms with Crippen molar-refractivity contribution < 1.29 is 23.6 Å². The Balaban J connectivity index is 1.60. The number of hydroxylamine groups is 2. The number of carbonyl (C=O) groups excluding carboxylic acids is 3. The summed E-state index contributed by atoms with van der Waals surface area (Å²) in [6, 6.07) is 10.8. The molecule has 0 bridgehead atoms. The van der Waals surface area contributed by atoms with Gasteiger partial charge in [0.15, 0.2) is 0 Å². The average Bonchev–Trinajstić information content (AvgIpc) is 3.18. The second kappa shape index (κ2) is 6.65. The molecule has 0 fully saturated rings. The predicted molar refractivity (Wildman–Crippen MR) is 99.3 cm³/mol. The van der Waals surface area contributed by atoms with Crippen LogP contribution in [-0.4, -0.2) is 27.8 Å². The maximum absolute atomic E-state index is 13.5. The normalized spacial score (nSPS) is 13.0. The summed E-state index contributed by atoms with van der Waals surface area (Å²) in [5.41, 5.74) is 1.88. The van der Waals surface area contributed by atoms with E-state index in [-0.39, 0.29) is 21.8 Å². The van der Waals surface area contributed by atoms with E-state index in [0.717, 1.165) is 11.3 Å². The number of amides is 2. The van der Waals surface area contributed by atoms with Gasteiger partial charge in [0, 0.05) is 5.56 Å². The molecule has 1 aliphatic rings. The lowest BCUT2D eigenvalue weighted by molar-refractivity contribution is -0.0581. The molecule has 8 heteroatoms. The number of hydrogen-bond donors (Lipinski definition) is 0. The molecule has 3 aromatic rings. The van der Waals surface area contributed by atoms with Crippen LogP contribution in [0.4, 0.5) is 4.39 Å². The average molecular weight is 396 g/mol. The Hall–Kier alpha value is -3.39. The predicted octanol–water partition coefficient (Wildman–Crippen LogP) is 3.93. The molecule has 140 valence electrons. The molecule has 28 heavy (non-hydrogen) atoms. The minimum absolute atomic E-state index is 0.161. The Morgan fingerprint density at radius 1 is 1.07 bits per heavy atom. The van der Waals surface area contributed by atoms with Gasteiger partial charge < -0.3 is 4.84 Å². The number of fused-ring (bicyclic) bond motifs is 1. The van der Waals surface area contributed by atoms with E-state index in [4.69, 9.17) is 4.84 Å². The lowest BCUT2D eigenvalue weighted by Gasteiger charge is -2.11. The summed E-state index contributed by atoms with van der Waals surface area (Å²) in [7, 11) is 0. The van der Waals surface area contributed by atoms with Crippen LogP contribution in [0.15, 0.2) is 42.5 Å². The minimum atomic E-state index is -0.852. The second-order valence-electron chi connectivity index (χ2n) is 6.23. The van der Waals surface area contributed by atoms with Crippen molar-refractivity contribution in [3.63, 3.8) is 0 Å². The first kappa shape index (κ1) is 18.0. The highest BCUT2D eigenvalue weighted by molar-refractivity contribution is 7.17. The van der Waals surface area contributed by atoms with Crippen LogP contribution in [0.25, 0.3) is 10.6 Å². The fourth-order valence-corrected chi connectivity index (χ4v) is 3.80. The van der Waals surface area contributed by atoms with Crippen LogP contribution in [0.3, 0.4) is 0 Å². The Bertz CT molecular complexity index is 1120. The highest BCUT2D eigenvalue weighted by atomic mass is 32.1. The molecule has 0 N–H and O–H groups in total. The van der Waals surface area contributed by atoms with Gasteiger partial charge in [-0.25, -0.2) is 14.2 Å². The number of nitrogens with zero attached hydrogens (tertiary/aromatic N) is 2. The molecule has 0 atom stereocenters. The van der Waals surface area contributed by atoms with Gasteiger partial charge in [0.25, 0.3) is 11.8 Å². The molecule has 2 heterocycles. The molecule has 1 aromatic heterocycles. The summed E-state index contributed by atoms with van der Waals surface area (Å²) in [4.78, 5) is 46.8. The number of aryl methyl sites for hydroxylation is 2. The van der Waals surface area contributed by atoms with Gasteiger partial charge in [-0.3, -0.25) is 9.59 Å². The SMILES string of the molecule is Cc1cc(-c2nc(C)c(C(=O)ON3C(=O)c4ccccc4C3=O)s2)ccc1F. The molecule has 1 aliphatic heterocycles. The van der Waals surface area contributed by atoms with Gasteiger partial charge in [0.2, 0.25) is 0 Å². The lowest BCUT2D eigenvalue weighted by Crippen LogP contribution is -2.32. The van der Waals surface area contributed by atoms with Gasteiger partial charge in [-0.15, -0.1) is 11.3 Å². The first-order valence-electron chi connectivity index (χ1n) is 8.31. The van der Waals surface area contributed by atoms with Gasteiger partial charge in [-0.05, 0) is 49.7 Å². The van der Waals surface area contributed by atoms with Crippen LogP contribution < -0.4 is 0 Å². The molecular weight excluding hydrogens is 383 g/mol. The van der Waals surface area contributed by atoms with E-state index in [9.17, 15) is 18.8 Å². The molecule has 0 unspecified atom stereocenters. The molecule has 0 aliphatic carbocycles. The molecule has 6 nitrogen and oxygen atoms in total. The summed E-state index contributed by atoms with van der Waals surface area (Å²) >= 11 is 1.05. The third-order valence-electron chi connectivity index (χ3n) is 4.32. The van der Waals surface area contributed by atoms with Crippen LogP contribution in [0, 0.1) is 19.7 Å². The van der Waals surface area contributed by atoms with Gasteiger partial charge in [-0.1, -0.05) is 17.2 Å². The van der Waals surface area contributed by atoms with Gasteiger partial charge in [-0.2, -0.15) is 0 Å². The quantitative estimate of drug-likeness (QED) is 0.627. The highest BCUT2D eigenvalue weighted by Crippen LogP contribution is 2.30. The van der Waals surface area contributed by atoms with Gasteiger partial charge in [0.1, 0.15) is 15.7 Å². The van der Waals surface area contributed by atoms with Crippen molar-refractivity contribution in [1.29, 1.82) is 0 Å². The number of hydrogen-bond acceptors (Lipinski definition) is 6. The maximum atomic E-state index is 13.5. The standard InChI is InChI=1S/C20H13FN2O4S/c1-10-9-12(7-8-15(10)21)17-22-11(2)16(28-17)20(26)27-23-18(24)13-5-3-4-6-14(13)19(23)25/h3-9H,1-2H3. The summed E-state index contributed by atoms with van der Waals surface area (Å²) < 4.78 is 13.5. The van der Waals surface area contributed by atoms with Crippen molar-refractivity contribution in [1.82, 2.24) is 10.0 Å². The zero-order chi connectivity index (χ0) is 20.0. The molecule has 2 amide bonds. The van der Waals surface area contributed by atoms with E-state index >= 15 is 0 Å². The number of thiazole rings is 1. The fourth-order valence-electron chi connectivity index (χ4n) is 2.86. The molecule has 2 aromatic carbocycles. The third-order valence-corrected chi connectivity index (χ3v) is 5.50. The number of imide groups is 1. The maximum Gasteiger partial charge on any atom is 0.375 e. The van der Waals surface area contributed by atoms with Crippen LogP contribution >= 0.6 is 11.3 Å². The number of halogens is 1. The van der Waals surface area contributed by atoms with Crippen LogP contribution in [0.1, 0.15) is 41.6 Å². The second-order valence-corrected chi connectivity index (χ2v) is 7.23. The van der Waals surface area contributed by atoms with Crippen molar-refractivity contribution >= 4 is 29.1 Å². The summed E-state index contributed by atoms with van der Waals surface area (Å²) in [5.74, 6) is -2.56. The van der Waals surface area contributed by atoms with E-state index in [1.54, 1.807) is 38.1 Å². The molecule has 0 saturated carbocycles. The smallest absolute Gasteiger partial charge is 0.323 e. The van der Waals surface area contributed by atoms with E-state index in [1.807, 2.05) is 0 Å². The van der Waals surface area contributed by atoms with E-state index < -0.39 is 17.8 Å². The van der Waals surface area contributed by atoms with E-state index in [2.05, 4.69) is 4.98 Å². The molecule has 4 rings (SSSR count). The molecular formula is C20H13FN2O4S. The van der Waals surface area contributed by atoms with E-state index in [0.29, 0.717) is 26.9 Å². The number of carbonyl (C=O) groups is 3. The topological polar surface area (TPSA) is 76.6 Å². The van der Waals surface area contributed by atoms with Crippen molar-refractivity contribution in [2.45, 2.75) is 13.8 Å². The number of benzene rings is 2. The Morgan fingerprint density at radius 2 is 1.71 bits per heavy atom. The molecule has 0 spiro atoms. The van der Waals surface area contributed by atoms with Crippen molar-refractivity contribution in [2.24, 2.45) is 0 Å².